The molecular formula is C24H35NO4Si. The summed E-state index contributed by atoms with van der Waals surface area (Å²) in [6.45, 7) is 12.1. The molecule has 0 aliphatic heterocycles. The fourth-order valence-corrected chi connectivity index (χ4v) is 8.14. The molecule has 2 aromatic carbocycles. The largest absolute Gasteiger partial charge is 0.447 e. The van der Waals surface area contributed by atoms with Crippen molar-refractivity contribution >= 4 is 24.8 Å². The van der Waals surface area contributed by atoms with Gasteiger partial charge in [0.25, 0.3) is 8.32 Å². The van der Waals surface area contributed by atoms with Crippen LogP contribution in [0.1, 0.15) is 41.5 Å². The number of carbonyl (C=O) groups excluding carboxylic acids is 1. The van der Waals surface area contributed by atoms with Gasteiger partial charge in [-0.2, -0.15) is 0 Å². The molecule has 2 aromatic rings. The van der Waals surface area contributed by atoms with Gasteiger partial charge in [0.15, 0.2) is 0 Å². The Labute approximate surface area is 181 Å². The number of carbonyl (C=O) groups is 1. The molecule has 0 fully saturated rings. The second-order valence-corrected chi connectivity index (χ2v) is 13.9. The molecule has 6 heteroatoms. The first-order valence-corrected chi connectivity index (χ1v) is 12.2. The van der Waals surface area contributed by atoms with E-state index in [0.717, 1.165) is 10.4 Å². The summed E-state index contributed by atoms with van der Waals surface area (Å²) >= 11 is 0. The minimum absolute atomic E-state index is 0.0794. The first kappa shape index (κ1) is 24.1. The number of benzene rings is 2. The topological polar surface area (TPSA) is 67.8 Å². The number of hydrogen-bond donors (Lipinski definition) is 2. The summed E-state index contributed by atoms with van der Waals surface area (Å²) in [5.41, 5.74) is -0.395. The molecule has 164 valence electrons. The molecule has 5 nitrogen and oxygen atoms in total. The molecule has 0 aromatic heterocycles. The van der Waals surface area contributed by atoms with Crippen molar-refractivity contribution in [3.05, 3.63) is 60.7 Å². The molecule has 1 amide bonds. The molecule has 30 heavy (non-hydrogen) atoms. The van der Waals surface area contributed by atoms with Crippen LogP contribution >= 0.6 is 0 Å². The summed E-state index contributed by atoms with van der Waals surface area (Å²) in [6.07, 6.45) is -1.47. The van der Waals surface area contributed by atoms with Crippen molar-refractivity contribution in [3.63, 3.8) is 0 Å². The van der Waals surface area contributed by atoms with Crippen molar-refractivity contribution in [1.29, 1.82) is 0 Å². The Morgan fingerprint density at radius 3 is 1.77 bits per heavy atom. The third-order valence-electron chi connectivity index (χ3n) is 4.79. The Bertz CT molecular complexity index is 758. The number of rotatable bonds is 7. The lowest BCUT2D eigenvalue weighted by atomic mass is 10.1. The highest BCUT2D eigenvalue weighted by Crippen LogP contribution is 2.36. The fourth-order valence-electron chi connectivity index (χ4n) is 3.55. The normalized spacial score (nSPS) is 13.6. The van der Waals surface area contributed by atoms with Gasteiger partial charge in [0.2, 0.25) is 0 Å². The molecule has 0 saturated heterocycles. The first-order chi connectivity index (χ1) is 14.0. The van der Waals surface area contributed by atoms with E-state index >= 15 is 0 Å². The number of aliphatic hydroxyl groups is 1. The number of aliphatic hydroxyl groups excluding tert-OH is 1. The second kappa shape index (κ2) is 9.77. The van der Waals surface area contributed by atoms with Crippen LogP contribution in [0.3, 0.4) is 0 Å². The van der Waals surface area contributed by atoms with Crippen LogP contribution < -0.4 is 15.7 Å². The van der Waals surface area contributed by atoms with Gasteiger partial charge in [0.1, 0.15) is 12.7 Å². The van der Waals surface area contributed by atoms with E-state index in [4.69, 9.17) is 9.16 Å². The summed E-state index contributed by atoms with van der Waals surface area (Å²) < 4.78 is 11.8. The van der Waals surface area contributed by atoms with Crippen molar-refractivity contribution < 1.29 is 19.1 Å². The van der Waals surface area contributed by atoms with Crippen LogP contribution in [0.25, 0.3) is 0 Å². The highest BCUT2D eigenvalue weighted by molar-refractivity contribution is 6.99. The van der Waals surface area contributed by atoms with Gasteiger partial charge >= 0.3 is 6.09 Å². The lowest BCUT2D eigenvalue weighted by Gasteiger charge is -2.43. The van der Waals surface area contributed by atoms with Crippen LogP contribution in [0.15, 0.2) is 60.7 Å². The van der Waals surface area contributed by atoms with E-state index in [0.29, 0.717) is 0 Å². The van der Waals surface area contributed by atoms with Gasteiger partial charge in [-0.05, 0) is 36.2 Å². The molecule has 0 spiro atoms. The van der Waals surface area contributed by atoms with Crippen LogP contribution in [0, 0.1) is 0 Å². The number of hydrogen-bond acceptors (Lipinski definition) is 4. The summed E-state index contributed by atoms with van der Waals surface area (Å²) in [7, 11) is -2.72. The Kier molecular flexibility index (Phi) is 7.85. The summed E-state index contributed by atoms with van der Waals surface area (Å²) in [4.78, 5) is 11.9. The number of alkyl carbamates (subject to hydrolysis) is 1. The zero-order chi connectivity index (χ0) is 22.4. The molecule has 2 N–H and O–H groups in total. The van der Waals surface area contributed by atoms with Crippen molar-refractivity contribution in [2.75, 3.05) is 13.2 Å². The molecule has 0 unspecified atom stereocenters. The minimum atomic E-state index is -2.72. The molecule has 0 aliphatic rings. The summed E-state index contributed by atoms with van der Waals surface area (Å²) in [5.74, 6) is 0. The number of amides is 1. The molecule has 0 aliphatic carbocycles. The summed E-state index contributed by atoms with van der Waals surface area (Å²) in [6, 6.07) is 20.5. The second-order valence-electron chi connectivity index (χ2n) is 9.60. The first-order valence-electron chi connectivity index (χ1n) is 10.3. The van der Waals surface area contributed by atoms with Crippen LogP contribution in [0.4, 0.5) is 4.79 Å². The molecule has 0 bridgehead atoms. The van der Waals surface area contributed by atoms with E-state index in [-0.39, 0.29) is 18.3 Å². The molecule has 2 rings (SSSR count). The van der Waals surface area contributed by atoms with Gasteiger partial charge in [0, 0.05) is 5.54 Å². The Morgan fingerprint density at radius 1 is 0.900 bits per heavy atom. The highest BCUT2D eigenvalue weighted by Gasteiger charge is 2.50. The zero-order valence-corrected chi connectivity index (χ0v) is 19.9. The fraction of sp³-hybridized carbons (Fsp3) is 0.458. The van der Waals surface area contributed by atoms with Crippen molar-refractivity contribution in [3.8, 4) is 0 Å². The predicted octanol–water partition coefficient (Wildman–Crippen LogP) is 3.45. The summed E-state index contributed by atoms with van der Waals surface area (Å²) in [5, 5.41) is 15.3. The zero-order valence-electron chi connectivity index (χ0n) is 18.9. The van der Waals surface area contributed by atoms with Gasteiger partial charge in [-0.1, -0.05) is 81.4 Å². The van der Waals surface area contributed by atoms with Crippen LogP contribution in [0.5, 0.6) is 0 Å². The van der Waals surface area contributed by atoms with E-state index in [1.807, 2.05) is 57.2 Å². The Hall–Kier alpha value is -2.15. The molecule has 0 heterocycles. The van der Waals surface area contributed by atoms with Crippen LogP contribution in [-0.4, -0.2) is 44.4 Å². The maximum absolute atomic E-state index is 11.9. The maximum Gasteiger partial charge on any atom is 0.407 e. The highest BCUT2D eigenvalue weighted by atomic mass is 28.4. The van der Waals surface area contributed by atoms with Crippen molar-refractivity contribution in [1.82, 2.24) is 5.32 Å². The van der Waals surface area contributed by atoms with E-state index in [1.54, 1.807) is 0 Å². The lowest BCUT2D eigenvalue weighted by molar-refractivity contribution is 0.0345. The van der Waals surface area contributed by atoms with Gasteiger partial charge in [0.05, 0.1) is 6.61 Å². The lowest BCUT2D eigenvalue weighted by Crippen LogP contribution is -2.67. The van der Waals surface area contributed by atoms with E-state index in [9.17, 15) is 9.90 Å². The minimum Gasteiger partial charge on any atom is -0.447 e. The van der Waals surface area contributed by atoms with Crippen LogP contribution in [-0.2, 0) is 9.16 Å². The number of ether oxygens (including phenoxy) is 1. The van der Waals surface area contributed by atoms with E-state index in [2.05, 4.69) is 50.4 Å². The average Bonchev–Trinajstić information content (AvgIpc) is 2.66. The van der Waals surface area contributed by atoms with Gasteiger partial charge in [-0.3, -0.25) is 0 Å². The quantitative estimate of drug-likeness (QED) is 0.662. The Balaban J connectivity index is 2.24. The molecule has 0 radical (unpaired) electrons. The van der Waals surface area contributed by atoms with E-state index in [1.165, 1.54) is 0 Å². The monoisotopic (exact) mass is 429 g/mol. The van der Waals surface area contributed by atoms with Crippen LogP contribution in [0.2, 0.25) is 5.04 Å². The van der Waals surface area contributed by atoms with Crippen molar-refractivity contribution in [2.45, 2.75) is 58.2 Å². The third-order valence-corrected chi connectivity index (χ3v) is 9.80. The molecular weight excluding hydrogens is 394 g/mol. The predicted molar refractivity (Wildman–Crippen MR) is 124 cm³/mol. The SMILES string of the molecule is CC(C)(C)NC(=O)OC[C@@H](O)CO[Si](c1ccccc1)(c1ccccc1)C(C)(C)C. The molecule has 0 saturated carbocycles. The average molecular weight is 430 g/mol. The third kappa shape index (κ3) is 6.17. The smallest absolute Gasteiger partial charge is 0.407 e. The number of nitrogens with one attached hydrogen (secondary N) is 1. The van der Waals surface area contributed by atoms with E-state index < -0.39 is 26.1 Å². The van der Waals surface area contributed by atoms with Gasteiger partial charge < -0.3 is 19.6 Å². The molecule has 1 atom stereocenters. The Morgan fingerprint density at radius 2 is 1.37 bits per heavy atom. The van der Waals surface area contributed by atoms with Crippen molar-refractivity contribution in [2.24, 2.45) is 0 Å². The van der Waals surface area contributed by atoms with Gasteiger partial charge in [-0.25, -0.2) is 4.79 Å². The van der Waals surface area contributed by atoms with Gasteiger partial charge in [-0.15, -0.1) is 0 Å². The standard InChI is InChI=1S/C24H35NO4Si/c1-23(2,3)25-22(27)28-17-19(26)18-29-30(24(4,5)6,20-13-9-7-10-14-20)21-15-11-8-12-16-21/h7-16,19,26H,17-18H2,1-6H3,(H,25,27)/t19-/m1/s1. The maximum atomic E-state index is 11.9.